The van der Waals surface area contributed by atoms with Crippen LogP contribution in [0.5, 0.6) is 0 Å². The van der Waals surface area contributed by atoms with Crippen molar-refractivity contribution in [1.29, 1.82) is 0 Å². The second-order valence-electron chi connectivity index (χ2n) is 6.44. The fraction of sp³-hybridized carbons (Fsp3) is 0.368. The third-order valence-corrected chi connectivity index (χ3v) is 4.95. The number of hydrogen-bond acceptors (Lipinski definition) is 6. The number of rotatable bonds is 8. The SMILES string of the molecule is Cc1cc(NC(=O)[C@H](C)SCC(=O)NCc2ccc(C(=O)N(C)C)cc2)no1. The summed E-state index contributed by atoms with van der Waals surface area (Å²) in [4.78, 5) is 37.5. The number of carbonyl (C=O) groups is 3. The molecule has 2 aromatic rings. The number of carbonyl (C=O) groups excluding carboxylic acids is 3. The molecule has 3 amide bonds. The predicted molar refractivity (Wildman–Crippen MR) is 108 cm³/mol. The summed E-state index contributed by atoms with van der Waals surface area (Å²) in [5, 5.41) is 8.73. The number of benzene rings is 1. The normalized spacial score (nSPS) is 11.6. The van der Waals surface area contributed by atoms with Crippen molar-refractivity contribution in [2.45, 2.75) is 25.6 Å². The molecule has 0 bridgehead atoms. The van der Waals surface area contributed by atoms with E-state index in [9.17, 15) is 14.4 Å². The number of nitrogens with one attached hydrogen (secondary N) is 2. The Morgan fingerprint density at radius 3 is 2.46 bits per heavy atom. The highest BCUT2D eigenvalue weighted by molar-refractivity contribution is 8.01. The van der Waals surface area contributed by atoms with Crippen molar-refractivity contribution in [2.24, 2.45) is 0 Å². The number of anilines is 1. The molecule has 0 aliphatic heterocycles. The van der Waals surface area contributed by atoms with E-state index >= 15 is 0 Å². The van der Waals surface area contributed by atoms with Crippen LogP contribution in [0.3, 0.4) is 0 Å². The van der Waals surface area contributed by atoms with E-state index in [1.165, 1.54) is 16.7 Å². The summed E-state index contributed by atoms with van der Waals surface area (Å²) in [6.07, 6.45) is 0. The molecule has 2 N–H and O–H groups in total. The highest BCUT2D eigenvalue weighted by Crippen LogP contribution is 2.14. The summed E-state index contributed by atoms with van der Waals surface area (Å²) in [7, 11) is 3.39. The summed E-state index contributed by atoms with van der Waals surface area (Å²) in [6, 6.07) is 8.70. The van der Waals surface area contributed by atoms with E-state index in [0.29, 0.717) is 23.7 Å². The lowest BCUT2D eigenvalue weighted by Gasteiger charge is -2.12. The van der Waals surface area contributed by atoms with Crippen molar-refractivity contribution in [1.82, 2.24) is 15.4 Å². The van der Waals surface area contributed by atoms with Gasteiger partial charge in [0.2, 0.25) is 11.8 Å². The van der Waals surface area contributed by atoms with Crippen LogP contribution in [0.15, 0.2) is 34.9 Å². The van der Waals surface area contributed by atoms with Crippen molar-refractivity contribution < 1.29 is 18.9 Å². The molecule has 0 unspecified atom stereocenters. The Bertz CT molecular complexity index is 833. The molecular formula is C19H24N4O4S. The molecule has 0 aliphatic carbocycles. The van der Waals surface area contributed by atoms with Crippen LogP contribution >= 0.6 is 11.8 Å². The zero-order chi connectivity index (χ0) is 20.7. The van der Waals surface area contributed by atoms with Crippen molar-refractivity contribution >= 4 is 35.3 Å². The maximum absolute atomic E-state index is 12.1. The van der Waals surface area contributed by atoms with Crippen LogP contribution in [0, 0.1) is 6.92 Å². The third kappa shape index (κ3) is 6.41. The minimum atomic E-state index is -0.418. The molecule has 0 radical (unpaired) electrons. The second kappa shape index (κ2) is 9.93. The maximum atomic E-state index is 12.1. The van der Waals surface area contributed by atoms with E-state index in [4.69, 9.17) is 4.52 Å². The minimum Gasteiger partial charge on any atom is -0.360 e. The monoisotopic (exact) mass is 404 g/mol. The Morgan fingerprint density at radius 2 is 1.89 bits per heavy atom. The van der Waals surface area contributed by atoms with E-state index in [0.717, 1.165) is 5.56 Å². The van der Waals surface area contributed by atoms with Gasteiger partial charge < -0.3 is 20.1 Å². The number of amides is 3. The lowest BCUT2D eigenvalue weighted by molar-refractivity contribution is -0.118. The van der Waals surface area contributed by atoms with Crippen LogP contribution in [-0.4, -0.2) is 52.9 Å². The van der Waals surface area contributed by atoms with Gasteiger partial charge in [-0.25, -0.2) is 0 Å². The molecule has 9 heteroatoms. The van der Waals surface area contributed by atoms with Crippen molar-refractivity contribution in [2.75, 3.05) is 25.2 Å². The fourth-order valence-electron chi connectivity index (χ4n) is 2.20. The Hall–Kier alpha value is -2.81. The van der Waals surface area contributed by atoms with Crippen LogP contribution in [0.4, 0.5) is 5.82 Å². The number of thioether (sulfide) groups is 1. The van der Waals surface area contributed by atoms with Crippen LogP contribution in [0.2, 0.25) is 0 Å². The van der Waals surface area contributed by atoms with Crippen molar-refractivity contribution in [3.63, 3.8) is 0 Å². The fourth-order valence-corrected chi connectivity index (χ4v) is 2.92. The average molecular weight is 404 g/mol. The van der Waals surface area contributed by atoms with E-state index in [1.807, 2.05) is 0 Å². The smallest absolute Gasteiger partial charge is 0.253 e. The number of nitrogens with zero attached hydrogens (tertiary/aromatic N) is 2. The van der Waals surface area contributed by atoms with Gasteiger partial charge in [0.05, 0.1) is 11.0 Å². The topological polar surface area (TPSA) is 105 Å². The quantitative estimate of drug-likeness (QED) is 0.698. The Kier molecular flexibility index (Phi) is 7.62. The van der Waals surface area contributed by atoms with E-state index in [-0.39, 0.29) is 23.5 Å². The number of aromatic nitrogens is 1. The zero-order valence-corrected chi connectivity index (χ0v) is 17.1. The highest BCUT2D eigenvalue weighted by atomic mass is 32.2. The molecule has 1 atom stereocenters. The Morgan fingerprint density at radius 1 is 1.21 bits per heavy atom. The zero-order valence-electron chi connectivity index (χ0n) is 16.3. The van der Waals surface area contributed by atoms with E-state index < -0.39 is 5.25 Å². The molecule has 0 saturated carbocycles. The average Bonchev–Trinajstić information content (AvgIpc) is 3.08. The number of hydrogen-bond donors (Lipinski definition) is 2. The standard InChI is InChI=1S/C19H24N4O4S/c1-12-9-16(22-27-12)21-18(25)13(2)28-11-17(24)20-10-14-5-7-15(8-6-14)19(26)23(3)4/h5-9,13H,10-11H2,1-4H3,(H,20,24)(H,21,22,25)/t13-/m0/s1. The highest BCUT2D eigenvalue weighted by Gasteiger charge is 2.16. The van der Waals surface area contributed by atoms with Gasteiger partial charge in [0.25, 0.3) is 5.91 Å². The van der Waals surface area contributed by atoms with E-state index in [2.05, 4.69) is 15.8 Å². The van der Waals surface area contributed by atoms with Gasteiger partial charge in [-0.05, 0) is 31.5 Å². The molecule has 1 heterocycles. The lowest BCUT2D eigenvalue weighted by atomic mass is 10.1. The minimum absolute atomic E-state index is 0.0694. The van der Waals surface area contributed by atoms with Crippen LogP contribution in [0.25, 0.3) is 0 Å². The molecule has 28 heavy (non-hydrogen) atoms. The van der Waals surface area contributed by atoms with Gasteiger partial charge in [-0.3, -0.25) is 14.4 Å². The molecule has 8 nitrogen and oxygen atoms in total. The first-order chi connectivity index (χ1) is 13.3. The molecule has 0 aliphatic rings. The molecular weight excluding hydrogens is 380 g/mol. The van der Waals surface area contributed by atoms with Gasteiger partial charge in [-0.2, -0.15) is 0 Å². The third-order valence-electron chi connectivity index (χ3n) is 3.81. The molecule has 0 fully saturated rings. The summed E-state index contributed by atoms with van der Waals surface area (Å²) in [6.45, 7) is 3.81. The van der Waals surface area contributed by atoms with Gasteiger partial charge in [-0.15, -0.1) is 11.8 Å². The van der Waals surface area contributed by atoms with Crippen LogP contribution in [0.1, 0.15) is 28.6 Å². The van der Waals surface area contributed by atoms with Crippen molar-refractivity contribution in [3.8, 4) is 0 Å². The summed E-state index contributed by atoms with van der Waals surface area (Å²) in [5.41, 5.74) is 1.48. The van der Waals surface area contributed by atoms with Crippen LogP contribution < -0.4 is 10.6 Å². The molecule has 0 saturated heterocycles. The molecule has 1 aromatic carbocycles. The Balaban J connectivity index is 1.73. The first-order valence-electron chi connectivity index (χ1n) is 8.69. The van der Waals surface area contributed by atoms with Gasteiger partial charge in [0.15, 0.2) is 5.82 Å². The lowest BCUT2D eigenvalue weighted by Crippen LogP contribution is -2.28. The molecule has 2 rings (SSSR count). The van der Waals surface area contributed by atoms with Gasteiger partial charge in [0.1, 0.15) is 5.76 Å². The first-order valence-corrected chi connectivity index (χ1v) is 9.74. The number of aryl methyl sites for hydroxylation is 1. The summed E-state index contributed by atoms with van der Waals surface area (Å²) >= 11 is 1.23. The molecule has 0 spiro atoms. The van der Waals surface area contributed by atoms with E-state index in [1.54, 1.807) is 58.3 Å². The van der Waals surface area contributed by atoms with Crippen molar-refractivity contribution in [3.05, 3.63) is 47.2 Å². The first kappa shape index (κ1) is 21.5. The Labute approximate surface area is 168 Å². The van der Waals surface area contributed by atoms with Gasteiger partial charge >= 0.3 is 0 Å². The maximum Gasteiger partial charge on any atom is 0.253 e. The largest absolute Gasteiger partial charge is 0.360 e. The summed E-state index contributed by atoms with van der Waals surface area (Å²) in [5.74, 6) is 0.635. The van der Waals surface area contributed by atoms with Crippen LogP contribution in [-0.2, 0) is 16.1 Å². The molecule has 150 valence electrons. The molecule has 1 aromatic heterocycles. The predicted octanol–water partition coefficient (Wildman–Crippen LogP) is 2.06. The van der Waals surface area contributed by atoms with Gasteiger partial charge in [0, 0.05) is 32.3 Å². The second-order valence-corrected chi connectivity index (χ2v) is 7.77. The van der Waals surface area contributed by atoms with Gasteiger partial charge in [-0.1, -0.05) is 17.3 Å². The summed E-state index contributed by atoms with van der Waals surface area (Å²) < 4.78 is 4.89.